The fraction of sp³-hybridized carbons (Fsp3) is 0.647. The Morgan fingerprint density at radius 2 is 1.62 bits per heavy atom. The third-order valence-corrected chi connectivity index (χ3v) is 5.30. The van der Waals surface area contributed by atoms with Crippen LogP contribution in [0.15, 0.2) is 24.3 Å². The minimum Gasteiger partial charge on any atom is -0.399 e. The fourth-order valence-electron chi connectivity index (χ4n) is 3.12. The van der Waals surface area contributed by atoms with Gasteiger partial charge in [0, 0.05) is 18.3 Å². The van der Waals surface area contributed by atoms with Crippen molar-refractivity contribution in [3.63, 3.8) is 0 Å². The maximum absolute atomic E-state index is 6.10. The fourth-order valence-corrected chi connectivity index (χ4v) is 3.12. The number of hydrogen-bond acceptors (Lipinski definition) is 3. The first-order chi connectivity index (χ1) is 9.80. The first-order valence-corrected chi connectivity index (χ1v) is 8.02. The van der Waals surface area contributed by atoms with Gasteiger partial charge in [0.2, 0.25) is 0 Å². The number of nitrogens with zero attached hydrogens (tertiary/aromatic N) is 1. The maximum atomic E-state index is 6.10. The average Bonchev–Trinajstić information content (AvgIpc) is 2.92. The van der Waals surface area contributed by atoms with Gasteiger partial charge in [0.05, 0.1) is 11.2 Å². The Bertz CT molecular complexity index is 496. The summed E-state index contributed by atoms with van der Waals surface area (Å²) in [5, 5.41) is 0. The van der Waals surface area contributed by atoms with Gasteiger partial charge in [-0.1, -0.05) is 12.1 Å². The van der Waals surface area contributed by atoms with Gasteiger partial charge in [-0.3, -0.25) is 0 Å². The van der Waals surface area contributed by atoms with Crippen LogP contribution in [0.1, 0.15) is 47.5 Å². The smallest absolute Gasteiger partial charge is 0.399 e. The highest BCUT2D eigenvalue weighted by Gasteiger charge is 2.51. The van der Waals surface area contributed by atoms with Crippen LogP contribution in [0.3, 0.4) is 0 Å². The minimum absolute atomic E-state index is 0.264. The zero-order chi connectivity index (χ0) is 15.3. The second-order valence-corrected chi connectivity index (χ2v) is 7.36. The van der Waals surface area contributed by atoms with Crippen molar-refractivity contribution >= 4 is 18.3 Å². The molecular weight excluding hydrogens is 261 g/mol. The first kappa shape index (κ1) is 14.9. The predicted molar refractivity (Wildman–Crippen MR) is 88.2 cm³/mol. The van der Waals surface area contributed by atoms with E-state index in [2.05, 4.69) is 63.8 Å². The molecule has 0 aromatic heterocycles. The molecule has 0 saturated carbocycles. The molecule has 3 rings (SSSR count). The van der Waals surface area contributed by atoms with Gasteiger partial charge in [-0.15, -0.1) is 0 Å². The molecule has 1 aromatic rings. The lowest BCUT2D eigenvalue weighted by Crippen LogP contribution is -2.41. The molecule has 3 nitrogen and oxygen atoms in total. The number of hydrogen-bond donors (Lipinski definition) is 0. The standard InChI is InChI=1S/C17H26BNO2/c1-13-7-6-12-19(13)15-10-8-14(9-11-15)18-20-16(2,3)17(4,5)21-18/h8-11,13H,6-7,12H2,1-5H3. The van der Waals surface area contributed by atoms with Crippen molar-refractivity contribution in [3.8, 4) is 0 Å². The summed E-state index contributed by atoms with van der Waals surface area (Å²) < 4.78 is 12.2. The van der Waals surface area contributed by atoms with Crippen molar-refractivity contribution in [1.82, 2.24) is 0 Å². The van der Waals surface area contributed by atoms with Crippen LogP contribution < -0.4 is 10.4 Å². The third-order valence-electron chi connectivity index (χ3n) is 5.30. The SMILES string of the molecule is CC1CCCN1c1ccc(B2OC(C)(C)C(C)(C)O2)cc1. The monoisotopic (exact) mass is 287 g/mol. The molecule has 2 aliphatic rings. The van der Waals surface area contributed by atoms with Gasteiger partial charge < -0.3 is 14.2 Å². The molecule has 114 valence electrons. The van der Waals surface area contributed by atoms with Crippen LogP contribution in [0.2, 0.25) is 0 Å². The van der Waals surface area contributed by atoms with Gasteiger partial charge in [-0.25, -0.2) is 0 Å². The van der Waals surface area contributed by atoms with Gasteiger partial charge in [-0.05, 0) is 65.1 Å². The van der Waals surface area contributed by atoms with Crippen LogP contribution in [0.4, 0.5) is 5.69 Å². The van der Waals surface area contributed by atoms with Crippen molar-refractivity contribution in [3.05, 3.63) is 24.3 Å². The summed E-state index contributed by atoms with van der Waals surface area (Å²) in [6, 6.07) is 9.32. The Labute approximate surface area is 128 Å². The van der Waals surface area contributed by atoms with Crippen LogP contribution in [0.25, 0.3) is 0 Å². The van der Waals surface area contributed by atoms with E-state index in [9.17, 15) is 0 Å². The summed E-state index contributed by atoms with van der Waals surface area (Å²) in [6.45, 7) is 11.8. The first-order valence-electron chi connectivity index (χ1n) is 8.02. The van der Waals surface area contributed by atoms with Crippen LogP contribution in [-0.2, 0) is 9.31 Å². The van der Waals surface area contributed by atoms with Gasteiger partial charge in [0.1, 0.15) is 0 Å². The maximum Gasteiger partial charge on any atom is 0.494 e. The summed E-state index contributed by atoms with van der Waals surface area (Å²) >= 11 is 0. The zero-order valence-electron chi connectivity index (χ0n) is 13.8. The molecular formula is C17H26BNO2. The van der Waals surface area contributed by atoms with E-state index in [0.29, 0.717) is 6.04 Å². The normalized spacial score (nSPS) is 27.4. The second-order valence-electron chi connectivity index (χ2n) is 7.36. The van der Waals surface area contributed by atoms with Gasteiger partial charge in [-0.2, -0.15) is 0 Å². The lowest BCUT2D eigenvalue weighted by atomic mass is 9.79. The van der Waals surface area contributed by atoms with Gasteiger partial charge in [0.25, 0.3) is 0 Å². The Balaban J connectivity index is 1.76. The molecule has 1 unspecified atom stereocenters. The molecule has 0 aliphatic carbocycles. The van der Waals surface area contributed by atoms with Gasteiger partial charge in [0.15, 0.2) is 0 Å². The molecule has 2 aliphatic heterocycles. The van der Waals surface area contributed by atoms with E-state index in [4.69, 9.17) is 9.31 Å². The Hall–Kier alpha value is -0.995. The van der Waals surface area contributed by atoms with E-state index >= 15 is 0 Å². The van der Waals surface area contributed by atoms with E-state index in [1.54, 1.807) is 0 Å². The molecule has 2 heterocycles. The quantitative estimate of drug-likeness (QED) is 0.781. The lowest BCUT2D eigenvalue weighted by Gasteiger charge is -2.32. The molecule has 0 N–H and O–H groups in total. The van der Waals surface area contributed by atoms with Crippen molar-refractivity contribution in [2.24, 2.45) is 0 Å². The summed E-state index contributed by atoms with van der Waals surface area (Å²) in [6.07, 6.45) is 2.58. The van der Waals surface area contributed by atoms with Crippen LogP contribution in [-0.4, -0.2) is 30.9 Å². The largest absolute Gasteiger partial charge is 0.494 e. The highest BCUT2D eigenvalue weighted by Crippen LogP contribution is 2.36. The van der Waals surface area contributed by atoms with E-state index < -0.39 is 0 Å². The van der Waals surface area contributed by atoms with Crippen LogP contribution in [0.5, 0.6) is 0 Å². The Morgan fingerprint density at radius 3 is 2.10 bits per heavy atom. The Kier molecular flexibility index (Phi) is 3.57. The van der Waals surface area contributed by atoms with E-state index in [-0.39, 0.29) is 18.3 Å². The zero-order valence-corrected chi connectivity index (χ0v) is 13.8. The molecule has 0 radical (unpaired) electrons. The van der Waals surface area contributed by atoms with Crippen molar-refractivity contribution in [1.29, 1.82) is 0 Å². The summed E-state index contributed by atoms with van der Waals surface area (Å²) in [5.41, 5.74) is 1.85. The van der Waals surface area contributed by atoms with E-state index in [0.717, 1.165) is 12.0 Å². The van der Waals surface area contributed by atoms with E-state index in [1.807, 2.05) is 0 Å². The molecule has 0 amide bonds. The summed E-state index contributed by atoms with van der Waals surface area (Å²) in [4.78, 5) is 2.48. The summed E-state index contributed by atoms with van der Waals surface area (Å²) in [5.74, 6) is 0. The topological polar surface area (TPSA) is 21.7 Å². The molecule has 2 fully saturated rings. The summed E-state index contributed by atoms with van der Waals surface area (Å²) in [7, 11) is -0.264. The van der Waals surface area contributed by atoms with Crippen molar-refractivity contribution < 1.29 is 9.31 Å². The van der Waals surface area contributed by atoms with E-state index in [1.165, 1.54) is 18.5 Å². The molecule has 1 atom stereocenters. The Morgan fingerprint density at radius 1 is 1.05 bits per heavy atom. The minimum atomic E-state index is -0.278. The molecule has 21 heavy (non-hydrogen) atoms. The molecule has 2 saturated heterocycles. The van der Waals surface area contributed by atoms with Crippen molar-refractivity contribution in [2.45, 2.75) is 64.7 Å². The number of anilines is 1. The second kappa shape index (κ2) is 5.03. The van der Waals surface area contributed by atoms with Crippen LogP contribution >= 0.6 is 0 Å². The number of benzene rings is 1. The molecule has 1 aromatic carbocycles. The van der Waals surface area contributed by atoms with Crippen molar-refractivity contribution in [2.75, 3.05) is 11.4 Å². The molecule has 0 spiro atoms. The highest BCUT2D eigenvalue weighted by atomic mass is 16.7. The molecule has 0 bridgehead atoms. The van der Waals surface area contributed by atoms with Gasteiger partial charge >= 0.3 is 7.12 Å². The third kappa shape index (κ3) is 2.60. The lowest BCUT2D eigenvalue weighted by molar-refractivity contribution is 0.00578. The predicted octanol–water partition coefficient (Wildman–Crippen LogP) is 2.97. The molecule has 4 heteroatoms. The average molecular weight is 287 g/mol. The number of rotatable bonds is 2. The highest BCUT2D eigenvalue weighted by molar-refractivity contribution is 6.62. The van der Waals surface area contributed by atoms with Crippen LogP contribution in [0, 0.1) is 0 Å².